The van der Waals surface area contributed by atoms with E-state index in [1.807, 2.05) is 30.3 Å². The van der Waals surface area contributed by atoms with Crippen molar-refractivity contribution in [3.63, 3.8) is 0 Å². The molecular formula is C51H62Cl2FN5O7SSi. The van der Waals surface area contributed by atoms with E-state index in [1.165, 1.54) is 34.9 Å². The van der Waals surface area contributed by atoms with Crippen molar-refractivity contribution in [1.29, 1.82) is 0 Å². The maximum absolute atomic E-state index is 15.2. The summed E-state index contributed by atoms with van der Waals surface area (Å²) < 4.78 is 70.4. The first kappa shape index (κ1) is 49.9. The Bertz CT molecular complexity index is 2750. The summed E-state index contributed by atoms with van der Waals surface area (Å²) in [6.07, 6.45) is 5.27. The minimum absolute atomic E-state index is 0.00711. The number of amides is 1. The number of benzene rings is 4. The maximum Gasteiger partial charge on any atom is 0.268 e. The molecule has 0 radical (unpaired) electrons. The Kier molecular flexibility index (Phi) is 15.3. The van der Waals surface area contributed by atoms with Gasteiger partial charge in [-0.15, -0.1) is 0 Å². The van der Waals surface area contributed by atoms with E-state index in [-0.39, 0.29) is 71.8 Å². The van der Waals surface area contributed by atoms with E-state index >= 15 is 4.39 Å². The van der Waals surface area contributed by atoms with E-state index in [0.29, 0.717) is 17.7 Å². The fourth-order valence-electron chi connectivity index (χ4n) is 8.88. The number of halogens is 3. The Morgan fingerprint density at radius 3 is 2.38 bits per heavy atom. The number of alkyl halides is 1. The van der Waals surface area contributed by atoms with E-state index in [9.17, 15) is 13.2 Å². The molecule has 12 nitrogen and oxygen atoms in total. The zero-order valence-corrected chi connectivity index (χ0v) is 42.9. The predicted octanol–water partition coefficient (Wildman–Crippen LogP) is 11.2. The van der Waals surface area contributed by atoms with Gasteiger partial charge in [-0.2, -0.15) is 5.10 Å². The van der Waals surface area contributed by atoms with Crippen LogP contribution in [0.2, 0.25) is 35.7 Å². The molecule has 0 spiro atoms. The summed E-state index contributed by atoms with van der Waals surface area (Å²) in [6, 6.07) is 23.8. The Hall–Kier alpha value is -4.48. The van der Waals surface area contributed by atoms with Gasteiger partial charge in [0, 0.05) is 90.2 Å². The van der Waals surface area contributed by atoms with Gasteiger partial charge in [0.2, 0.25) is 0 Å². The van der Waals surface area contributed by atoms with Crippen molar-refractivity contribution >= 4 is 69.4 Å². The molecule has 1 aromatic heterocycles. The predicted molar refractivity (Wildman–Crippen MR) is 271 cm³/mol. The minimum Gasteiger partial charge on any atom is -0.489 e. The molecule has 1 aliphatic carbocycles. The molecule has 0 bridgehead atoms. The molecular weight excluding hydrogens is 945 g/mol. The van der Waals surface area contributed by atoms with Gasteiger partial charge >= 0.3 is 0 Å². The highest BCUT2D eigenvalue weighted by Crippen LogP contribution is 2.44. The average Bonchev–Trinajstić information content (AvgIpc) is 3.72. The van der Waals surface area contributed by atoms with Crippen LogP contribution in [0.3, 0.4) is 0 Å². The van der Waals surface area contributed by atoms with Gasteiger partial charge in [0.1, 0.15) is 36.3 Å². The largest absolute Gasteiger partial charge is 0.489 e. The molecule has 3 aliphatic rings. The van der Waals surface area contributed by atoms with E-state index in [4.69, 9.17) is 42.1 Å². The number of fused-ring (bicyclic) bond motifs is 1. The van der Waals surface area contributed by atoms with Crippen LogP contribution in [-0.2, 0) is 26.2 Å². The normalized spacial score (nSPS) is 17.9. The average molecular weight is 1010 g/mol. The molecule has 0 unspecified atom stereocenters. The molecule has 2 aliphatic heterocycles. The zero-order chi connectivity index (χ0) is 48.3. The number of piperazine rings is 1. The molecule has 5 aromatic rings. The van der Waals surface area contributed by atoms with Crippen LogP contribution in [0.1, 0.15) is 61.9 Å². The molecule has 4 aromatic carbocycles. The Labute approximate surface area is 410 Å². The number of nitrogens with zero attached hydrogens (tertiary/aromatic N) is 4. The van der Waals surface area contributed by atoms with Crippen LogP contribution in [0.5, 0.6) is 17.2 Å². The highest BCUT2D eigenvalue weighted by atomic mass is 35.5. The first-order valence-electron chi connectivity index (χ1n) is 23.4. The third kappa shape index (κ3) is 12.5. The second-order valence-corrected chi connectivity index (χ2v) is 28.4. The lowest BCUT2D eigenvalue weighted by Crippen LogP contribution is -2.47. The van der Waals surface area contributed by atoms with Crippen LogP contribution < -0.4 is 19.1 Å². The number of anilines is 1. The number of carbonyl (C=O) groups excluding carboxylic acids is 1. The van der Waals surface area contributed by atoms with Crippen molar-refractivity contribution in [2.75, 3.05) is 64.1 Å². The molecule has 3 heterocycles. The van der Waals surface area contributed by atoms with Crippen molar-refractivity contribution in [3.8, 4) is 17.2 Å². The fraction of sp³-hybridized carbons (Fsp3) is 0.451. The van der Waals surface area contributed by atoms with Crippen LogP contribution in [-0.4, -0.2) is 102 Å². The third-order valence-corrected chi connectivity index (χ3v) is 16.7. The summed E-state index contributed by atoms with van der Waals surface area (Å²) in [5, 5.41) is 5.98. The molecule has 364 valence electrons. The lowest BCUT2D eigenvalue weighted by molar-refractivity contribution is -0.0323. The van der Waals surface area contributed by atoms with Crippen molar-refractivity contribution in [2.45, 2.75) is 88.9 Å². The van der Waals surface area contributed by atoms with Crippen molar-refractivity contribution in [3.05, 3.63) is 112 Å². The van der Waals surface area contributed by atoms with Crippen LogP contribution >= 0.6 is 23.2 Å². The summed E-state index contributed by atoms with van der Waals surface area (Å²) in [5.74, 6) is -0.165. The van der Waals surface area contributed by atoms with Gasteiger partial charge in [0.05, 0.1) is 32.6 Å². The highest BCUT2D eigenvalue weighted by Gasteiger charge is 2.34. The van der Waals surface area contributed by atoms with Crippen LogP contribution in [0.15, 0.2) is 95.5 Å². The van der Waals surface area contributed by atoms with E-state index in [1.54, 1.807) is 29.1 Å². The lowest BCUT2D eigenvalue weighted by Gasteiger charge is -2.39. The summed E-state index contributed by atoms with van der Waals surface area (Å²) >= 11 is 12.7. The van der Waals surface area contributed by atoms with E-state index in [0.717, 1.165) is 74.3 Å². The van der Waals surface area contributed by atoms with Crippen molar-refractivity contribution in [1.82, 2.24) is 19.4 Å². The standard InChI is InChI=1S/C51H62Cl2FN5O7SSi/c1-50(2)18-17-37(42(31-50)36-9-11-38(52)12-10-36)33-57-21-23-58(24-22-57)39-13-15-41(48(29-39)66-46-8-6-7-45-43(46)32-55-59(45)35-64-27-28-68(3,4)5)49(60)56-67(61,62)40-14-16-47(44(53)30-40)65-34-51(54)19-25-63-26-20-51/h6-16,29-30,32H,17-28,31,33-35H2,1-5H3,(H,56,60). The van der Waals surface area contributed by atoms with Crippen molar-refractivity contribution in [2.24, 2.45) is 5.41 Å². The molecule has 2 fully saturated rings. The number of hydrogen-bond acceptors (Lipinski definition) is 10. The van der Waals surface area contributed by atoms with Crippen LogP contribution in [0, 0.1) is 5.41 Å². The Morgan fingerprint density at radius 2 is 1.66 bits per heavy atom. The Balaban J connectivity index is 1.02. The van der Waals surface area contributed by atoms with Gasteiger partial charge in [0.15, 0.2) is 0 Å². The minimum atomic E-state index is -4.45. The van der Waals surface area contributed by atoms with Crippen LogP contribution in [0.25, 0.3) is 16.5 Å². The summed E-state index contributed by atoms with van der Waals surface area (Å²) in [4.78, 5) is 18.7. The topological polar surface area (TPSA) is 124 Å². The lowest BCUT2D eigenvalue weighted by atomic mass is 9.72. The molecule has 2 saturated heterocycles. The number of aromatic nitrogens is 2. The molecule has 1 N–H and O–H groups in total. The molecule has 17 heteroatoms. The Morgan fingerprint density at radius 1 is 0.912 bits per heavy atom. The molecule has 68 heavy (non-hydrogen) atoms. The van der Waals surface area contributed by atoms with Crippen LogP contribution in [0.4, 0.5) is 10.1 Å². The number of ether oxygens (including phenoxy) is 4. The molecule has 0 atom stereocenters. The summed E-state index contributed by atoms with van der Waals surface area (Å²) in [7, 11) is -5.73. The smallest absolute Gasteiger partial charge is 0.268 e. The number of sulfonamides is 1. The van der Waals surface area contributed by atoms with Gasteiger partial charge < -0.3 is 23.8 Å². The number of carbonyl (C=O) groups is 1. The number of allylic oxidation sites excluding steroid dienone is 1. The van der Waals surface area contributed by atoms with Gasteiger partial charge in [0.25, 0.3) is 15.9 Å². The molecule has 1 amide bonds. The van der Waals surface area contributed by atoms with Gasteiger partial charge in [-0.25, -0.2) is 22.2 Å². The van der Waals surface area contributed by atoms with Gasteiger partial charge in [-0.05, 0) is 96.5 Å². The van der Waals surface area contributed by atoms with E-state index < -0.39 is 29.7 Å². The molecule has 8 rings (SSSR count). The van der Waals surface area contributed by atoms with Gasteiger partial charge in [-0.3, -0.25) is 9.69 Å². The highest BCUT2D eigenvalue weighted by molar-refractivity contribution is 7.90. The second-order valence-electron chi connectivity index (χ2n) is 20.2. The number of rotatable bonds is 17. The second kappa shape index (κ2) is 20.9. The fourth-order valence-corrected chi connectivity index (χ4v) is 11.1. The number of nitrogens with one attached hydrogen (secondary N) is 1. The SMILES string of the molecule is CC1(C)CCC(CN2CCN(c3ccc(C(=O)NS(=O)(=O)c4ccc(OCC5(F)CCOCC5)c(Cl)c4)c(Oc4cccc5c4cnn5COCC[Si](C)(C)C)c3)CC2)=C(c2ccc(Cl)cc2)C1. The zero-order valence-electron chi connectivity index (χ0n) is 39.6. The molecule has 0 saturated carbocycles. The summed E-state index contributed by atoms with van der Waals surface area (Å²) in [5.41, 5.74) is 4.39. The monoisotopic (exact) mass is 1010 g/mol. The van der Waals surface area contributed by atoms with Gasteiger partial charge in [-0.1, -0.05) is 80.5 Å². The number of hydrogen-bond donors (Lipinski definition) is 1. The summed E-state index contributed by atoms with van der Waals surface area (Å²) in [6.45, 7) is 16.8. The van der Waals surface area contributed by atoms with Crippen molar-refractivity contribution < 1.29 is 36.6 Å². The maximum atomic E-state index is 15.2. The third-order valence-electron chi connectivity index (χ3n) is 13.1. The van der Waals surface area contributed by atoms with E-state index in [2.05, 4.69) is 65.2 Å². The first-order valence-corrected chi connectivity index (χ1v) is 29.3. The first-order chi connectivity index (χ1) is 32.3. The quantitative estimate of drug-likeness (QED) is 0.0711.